The number of hydrogen-bond acceptors (Lipinski definition) is 7. The van der Waals surface area contributed by atoms with Gasteiger partial charge in [-0.1, -0.05) is 19.8 Å². The Balaban J connectivity index is 0. The molecule has 2 N–H and O–H groups in total. The Bertz CT molecular complexity index is 279. The van der Waals surface area contributed by atoms with Gasteiger partial charge in [0, 0.05) is 0 Å². The Kier molecular flexibility index (Phi) is 14.6. The zero-order valence-electron chi connectivity index (χ0n) is 11.0. The van der Waals surface area contributed by atoms with Crippen LogP contribution in [0.15, 0.2) is 0 Å². The van der Waals surface area contributed by atoms with Crippen LogP contribution in [0.3, 0.4) is 0 Å². The van der Waals surface area contributed by atoms with Gasteiger partial charge in [-0.05, 0) is 18.2 Å². The molecule has 1 atom stereocenters. The lowest BCUT2D eigenvalue weighted by Gasteiger charge is -2.06. The van der Waals surface area contributed by atoms with E-state index in [2.05, 4.69) is 16.4 Å². The summed E-state index contributed by atoms with van der Waals surface area (Å²) in [6.07, 6.45) is 2.77. The summed E-state index contributed by atoms with van der Waals surface area (Å²) in [6.45, 7) is 2.06. The van der Waals surface area contributed by atoms with E-state index in [-0.39, 0.29) is 17.7 Å². The van der Waals surface area contributed by atoms with Crippen LogP contribution < -0.4 is 5.73 Å². The molecule has 7 heteroatoms. The van der Waals surface area contributed by atoms with E-state index in [1.165, 1.54) is 14.2 Å². The van der Waals surface area contributed by atoms with Crippen molar-refractivity contribution >= 4 is 23.7 Å². The maximum Gasteiger partial charge on any atom is 0.322 e. The molecule has 0 rings (SSSR count). The molecule has 6 nitrogen and oxygen atoms in total. The summed E-state index contributed by atoms with van der Waals surface area (Å²) in [4.78, 5) is 20.8. The Morgan fingerprint density at radius 2 is 2.00 bits per heavy atom. The highest BCUT2D eigenvalue weighted by molar-refractivity contribution is 8.04. The highest BCUT2D eigenvalue weighted by Gasteiger charge is 2.11. The van der Waals surface area contributed by atoms with Gasteiger partial charge < -0.3 is 15.2 Å². The zero-order chi connectivity index (χ0) is 14.4. The van der Waals surface area contributed by atoms with Gasteiger partial charge in [0.15, 0.2) is 0 Å². The fourth-order valence-electron chi connectivity index (χ4n) is 0.843. The Morgan fingerprint density at radius 3 is 2.39 bits per heavy atom. The number of ether oxygens (including phenoxy) is 2. The van der Waals surface area contributed by atoms with Gasteiger partial charge in [0.1, 0.15) is 17.2 Å². The molecule has 18 heavy (non-hydrogen) atoms. The van der Waals surface area contributed by atoms with E-state index < -0.39 is 6.04 Å². The molecule has 0 amide bonds. The molecule has 0 aromatic rings. The van der Waals surface area contributed by atoms with Crippen molar-refractivity contribution < 1.29 is 19.1 Å². The molecule has 0 aromatic heterocycles. The number of nitriles is 1. The maximum atomic E-state index is 10.7. The molecule has 1 unspecified atom stereocenters. The van der Waals surface area contributed by atoms with Gasteiger partial charge in [-0.2, -0.15) is 5.26 Å². The third kappa shape index (κ3) is 12.8. The van der Waals surface area contributed by atoms with E-state index in [1.54, 1.807) is 5.40 Å². The first-order valence-electron chi connectivity index (χ1n) is 5.44. The van der Waals surface area contributed by atoms with Gasteiger partial charge in [-0.25, -0.2) is 0 Å². The molecule has 0 spiro atoms. The minimum Gasteiger partial charge on any atom is -0.468 e. The fraction of sp³-hybridized carbons (Fsp3) is 0.727. The predicted octanol–water partition coefficient (Wildman–Crippen LogP) is 1.05. The number of esters is 2. The molecule has 0 radical (unpaired) electrons. The van der Waals surface area contributed by atoms with Crippen LogP contribution in [0.5, 0.6) is 0 Å². The van der Waals surface area contributed by atoms with E-state index >= 15 is 0 Å². The van der Waals surface area contributed by atoms with E-state index in [0.717, 1.165) is 31.0 Å². The summed E-state index contributed by atoms with van der Waals surface area (Å²) >= 11 is 0.872. The van der Waals surface area contributed by atoms with Crippen LogP contribution in [0.2, 0.25) is 0 Å². The highest BCUT2D eigenvalue weighted by Crippen LogP contribution is 1.98. The summed E-state index contributed by atoms with van der Waals surface area (Å²) in [5, 5.41) is 9.66. The SMILES string of the molecule is CCCCC(N)C(=O)OC.COC(=O)CSC#N. The van der Waals surface area contributed by atoms with E-state index in [9.17, 15) is 9.59 Å². The van der Waals surface area contributed by atoms with Crippen molar-refractivity contribution in [3.63, 3.8) is 0 Å². The van der Waals surface area contributed by atoms with Crippen LogP contribution in [0.1, 0.15) is 26.2 Å². The topological polar surface area (TPSA) is 102 Å². The van der Waals surface area contributed by atoms with Crippen molar-refractivity contribution in [1.82, 2.24) is 0 Å². The molecule has 0 saturated carbocycles. The highest BCUT2D eigenvalue weighted by atomic mass is 32.2. The predicted molar refractivity (Wildman–Crippen MR) is 69.6 cm³/mol. The lowest BCUT2D eigenvalue weighted by Crippen LogP contribution is -2.31. The summed E-state index contributed by atoms with van der Waals surface area (Å²) in [5.74, 6) is -0.558. The first-order valence-corrected chi connectivity index (χ1v) is 6.43. The third-order valence-corrected chi connectivity index (χ3v) is 2.36. The molecule has 0 aliphatic rings. The van der Waals surface area contributed by atoms with E-state index in [0.29, 0.717) is 0 Å². The van der Waals surface area contributed by atoms with Gasteiger partial charge in [-0.15, -0.1) is 0 Å². The molecular formula is C11H20N2O4S. The fourth-order valence-corrected chi connectivity index (χ4v) is 1.14. The molecule has 0 bridgehead atoms. The Hall–Kier alpha value is -1.26. The average Bonchev–Trinajstić information content (AvgIpc) is 2.41. The van der Waals surface area contributed by atoms with Crippen LogP contribution in [0, 0.1) is 10.7 Å². The third-order valence-electron chi connectivity index (χ3n) is 1.85. The number of unbranched alkanes of at least 4 members (excludes halogenated alkanes) is 1. The van der Waals surface area contributed by atoms with Gasteiger partial charge in [0.05, 0.1) is 14.2 Å². The Labute approximate surface area is 112 Å². The number of hydrogen-bond donors (Lipinski definition) is 1. The molecule has 0 fully saturated rings. The summed E-state index contributed by atoms with van der Waals surface area (Å²) < 4.78 is 8.69. The second-order valence-corrected chi connectivity index (χ2v) is 3.99. The first-order chi connectivity index (χ1) is 8.53. The van der Waals surface area contributed by atoms with Crippen LogP contribution in [-0.4, -0.2) is 38.0 Å². The quantitative estimate of drug-likeness (QED) is 0.571. The van der Waals surface area contributed by atoms with E-state index in [1.807, 2.05) is 0 Å². The van der Waals surface area contributed by atoms with Crippen molar-refractivity contribution in [2.45, 2.75) is 32.2 Å². The van der Waals surface area contributed by atoms with Crippen molar-refractivity contribution in [3.05, 3.63) is 0 Å². The smallest absolute Gasteiger partial charge is 0.322 e. The number of thiocyanates is 1. The van der Waals surface area contributed by atoms with Crippen LogP contribution >= 0.6 is 11.8 Å². The second kappa shape index (κ2) is 13.8. The summed E-state index contributed by atoms with van der Waals surface area (Å²) in [5.41, 5.74) is 5.44. The largest absolute Gasteiger partial charge is 0.468 e. The number of carbonyl (C=O) groups is 2. The van der Waals surface area contributed by atoms with Gasteiger partial charge >= 0.3 is 11.9 Å². The monoisotopic (exact) mass is 276 g/mol. The lowest BCUT2D eigenvalue weighted by molar-refractivity contribution is -0.142. The summed E-state index contributed by atoms with van der Waals surface area (Å²) in [6, 6.07) is -0.426. The Morgan fingerprint density at radius 1 is 1.39 bits per heavy atom. The molecule has 0 aliphatic heterocycles. The average molecular weight is 276 g/mol. The van der Waals surface area contributed by atoms with Crippen molar-refractivity contribution in [1.29, 1.82) is 5.26 Å². The summed E-state index contributed by atoms with van der Waals surface area (Å²) in [7, 11) is 2.65. The standard InChI is InChI=1S/C7H15NO2.C4H5NO2S/c1-3-4-5-6(8)7(9)10-2;1-7-4(6)2-8-3-5/h6H,3-5,8H2,1-2H3;2H2,1H3. The number of nitrogens with zero attached hydrogens (tertiary/aromatic N) is 1. The molecule has 0 aliphatic carbocycles. The molecule has 0 heterocycles. The van der Waals surface area contributed by atoms with Crippen LogP contribution in [-0.2, 0) is 19.1 Å². The van der Waals surface area contributed by atoms with Gasteiger partial charge in [0.2, 0.25) is 0 Å². The number of thioether (sulfide) groups is 1. The second-order valence-electron chi connectivity index (χ2n) is 3.23. The molecule has 0 saturated heterocycles. The first kappa shape index (κ1) is 19.1. The van der Waals surface area contributed by atoms with Gasteiger partial charge in [0.25, 0.3) is 0 Å². The lowest BCUT2D eigenvalue weighted by atomic mass is 10.1. The van der Waals surface area contributed by atoms with Crippen LogP contribution in [0.25, 0.3) is 0 Å². The molecule has 0 aromatic carbocycles. The van der Waals surface area contributed by atoms with Crippen LogP contribution in [0.4, 0.5) is 0 Å². The minimum absolute atomic E-state index is 0.118. The number of rotatable bonds is 6. The minimum atomic E-state index is -0.426. The maximum absolute atomic E-state index is 10.7. The number of carbonyl (C=O) groups excluding carboxylic acids is 2. The molecule has 104 valence electrons. The molecular weight excluding hydrogens is 256 g/mol. The number of nitrogens with two attached hydrogens (primary N) is 1. The van der Waals surface area contributed by atoms with Crippen molar-refractivity contribution in [3.8, 4) is 5.40 Å². The van der Waals surface area contributed by atoms with Crippen molar-refractivity contribution in [2.24, 2.45) is 5.73 Å². The number of methoxy groups -OCH3 is 2. The van der Waals surface area contributed by atoms with Crippen molar-refractivity contribution in [2.75, 3.05) is 20.0 Å². The van der Waals surface area contributed by atoms with Gasteiger partial charge in [-0.3, -0.25) is 9.59 Å². The normalized spacial score (nSPS) is 10.4. The van der Waals surface area contributed by atoms with E-state index in [4.69, 9.17) is 11.0 Å². The zero-order valence-corrected chi connectivity index (χ0v) is 11.8.